The van der Waals surface area contributed by atoms with Crippen molar-refractivity contribution in [1.29, 1.82) is 0 Å². The molecule has 4 nitrogen and oxygen atoms in total. The van der Waals surface area contributed by atoms with Gasteiger partial charge in [0, 0.05) is 30.2 Å². The number of hydrogen-bond donors (Lipinski definition) is 1. The van der Waals surface area contributed by atoms with Gasteiger partial charge in [0.25, 0.3) is 0 Å². The Morgan fingerprint density at radius 2 is 2.09 bits per heavy atom. The summed E-state index contributed by atoms with van der Waals surface area (Å²) >= 11 is 6.23. The normalized spacial score (nSPS) is 20.0. The lowest BCUT2D eigenvalue weighted by Crippen LogP contribution is -2.39. The highest BCUT2D eigenvalue weighted by Gasteiger charge is 2.30. The average Bonchev–Trinajstić information content (AvgIpc) is 2.85. The van der Waals surface area contributed by atoms with Crippen LogP contribution in [0.25, 0.3) is 0 Å². The zero-order valence-corrected chi connectivity index (χ0v) is 14.5. The van der Waals surface area contributed by atoms with Crippen LogP contribution in [0.5, 0.6) is 0 Å². The van der Waals surface area contributed by atoms with Crippen molar-refractivity contribution < 1.29 is 9.53 Å². The molecule has 1 amide bonds. The molecule has 1 aromatic carbocycles. The average molecular weight is 325 g/mol. The van der Waals surface area contributed by atoms with Crippen molar-refractivity contribution in [2.75, 3.05) is 13.1 Å². The Hall–Kier alpha value is -1.26. The molecule has 1 N–H and O–H groups in total. The molecule has 122 valence electrons. The van der Waals surface area contributed by atoms with Crippen molar-refractivity contribution in [3.05, 3.63) is 34.9 Å². The molecule has 2 rings (SSSR count). The van der Waals surface area contributed by atoms with Crippen LogP contribution in [0.3, 0.4) is 0 Å². The van der Waals surface area contributed by atoms with Crippen molar-refractivity contribution in [2.24, 2.45) is 0 Å². The van der Waals surface area contributed by atoms with E-state index in [0.717, 1.165) is 23.6 Å². The predicted octanol–water partition coefficient (Wildman–Crippen LogP) is 4.00. The molecule has 2 atom stereocenters. The maximum Gasteiger partial charge on any atom is 0.410 e. The third kappa shape index (κ3) is 4.62. The second kappa shape index (κ2) is 6.88. The summed E-state index contributed by atoms with van der Waals surface area (Å²) < 4.78 is 5.42. The molecule has 0 aromatic heterocycles. The number of nitrogens with zero attached hydrogens (tertiary/aromatic N) is 1. The lowest BCUT2D eigenvalue weighted by molar-refractivity contribution is 0.0290. The van der Waals surface area contributed by atoms with Gasteiger partial charge in [-0.05, 0) is 45.7 Å². The number of amides is 1. The number of carbonyl (C=O) groups is 1. The number of ether oxygens (including phenoxy) is 1. The van der Waals surface area contributed by atoms with Gasteiger partial charge in [0.2, 0.25) is 0 Å². The predicted molar refractivity (Wildman–Crippen MR) is 89.2 cm³/mol. The van der Waals surface area contributed by atoms with Crippen LogP contribution >= 0.6 is 11.6 Å². The zero-order valence-electron chi connectivity index (χ0n) is 13.7. The van der Waals surface area contributed by atoms with E-state index in [0.29, 0.717) is 6.54 Å². The molecule has 1 aliphatic heterocycles. The van der Waals surface area contributed by atoms with E-state index in [1.807, 2.05) is 45.0 Å². The summed E-state index contributed by atoms with van der Waals surface area (Å²) in [6.45, 7) is 9.14. The van der Waals surface area contributed by atoms with Gasteiger partial charge in [-0.1, -0.05) is 29.8 Å². The van der Waals surface area contributed by atoms with Crippen molar-refractivity contribution in [1.82, 2.24) is 10.2 Å². The van der Waals surface area contributed by atoms with Gasteiger partial charge in [-0.25, -0.2) is 4.79 Å². The molecule has 0 radical (unpaired) electrons. The summed E-state index contributed by atoms with van der Waals surface area (Å²) in [6, 6.07) is 8.26. The molecule has 1 unspecified atom stereocenters. The molecule has 0 aliphatic carbocycles. The smallest absolute Gasteiger partial charge is 0.410 e. The van der Waals surface area contributed by atoms with E-state index < -0.39 is 5.60 Å². The van der Waals surface area contributed by atoms with Crippen LogP contribution in [0.2, 0.25) is 5.02 Å². The van der Waals surface area contributed by atoms with Crippen LogP contribution in [0.4, 0.5) is 4.79 Å². The molecule has 1 saturated heterocycles. The van der Waals surface area contributed by atoms with Gasteiger partial charge in [0.1, 0.15) is 5.60 Å². The Labute approximate surface area is 137 Å². The molecule has 1 aromatic rings. The fourth-order valence-corrected chi connectivity index (χ4v) is 2.96. The summed E-state index contributed by atoms with van der Waals surface area (Å²) in [5.41, 5.74) is 0.632. The van der Waals surface area contributed by atoms with Gasteiger partial charge >= 0.3 is 6.09 Å². The Kier molecular flexibility index (Phi) is 5.35. The molecular formula is C17H25ClN2O2. The number of hydrogen-bond acceptors (Lipinski definition) is 3. The fourth-order valence-electron chi connectivity index (χ4n) is 2.66. The molecule has 1 aliphatic rings. The highest BCUT2D eigenvalue weighted by atomic mass is 35.5. The van der Waals surface area contributed by atoms with Gasteiger partial charge < -0.3 is 15.0 Å². The van der Waals surface area contributed by atoms with Crippen LogP contribution in [-0.2, 0) is 4.74 Å². The minimum absolute atomic E-state index is 0.150. The van der Waals surface area contributed by atoms with E-state index in [2.05, 4.69) is 12.2 Å². The lowest BCUT2D eigenvalue weighted by Gasteiger charge is -2.25. The third-order valence-corrected chi connectivity index (χ3v) is 4.04. The molecule has 0 saturated carbocycles. The second-order valence-corrected chi connectivity index (χ2v) is 7.23. The molecule has 22 heavy (non-hydrogen) atoms. The highest BCUT2D eigenvalue weighted by molar-refractivity contribution is 6.31. The standard InChI is InChI=1S/C17H25ClN2O2/c1-12(14-7-5-6-8-15(14)18)19-13-9-10-20(11-13)16(21)22-17(2,3)4/h5-8,12-13,19H,9-11H2,1-4H3/t12-,13?/m0/s1. The quantitative estimate of drug-likeness (QED) is 0.913. The molecule has 1 heterocycles. The number of carbonyl (C=O) groups excluding carboxylic acids is 1. The molecule has 0 spiro atoms. The van der Waals surface area contributed by atoms with Gasteiger partial charge in [-0.15, -0.1) is 0 Å². The first-order chi connectivity index (χ1) is 10.3. The Balaban J connectivity index is 1.89. The molecule has 5 heteroatoms. The van der Waals surface area contributed by atoms with E-state index in [9.17, 15) is 4.79 Å². The number of rotatable bonds is 3. The molecule has 1 fully saturated rings. The highest BCUT2D eigenvalue weighted by Crippen LogP contribution is 2.24. The monoisotopic (exact) mass is 324 g/mol. The Bertz CT molecular complexity index is 528. The minimum atomic E-state index is -0.451. The van der Waals surface area contributed by atoms with Crippen molar-refractivity contribution in [3.8, 4) is 0 Å². The van der Waals surface area contributed by atoms with Crippen LogP contribution in [0, 0.1) is 0 Å². The maximum atomic E-state index is 12.1. The van der Waals surface area contributed by atoms with Gasteiger partial charge in [-0.3, -0.25) is 0 Å². The van der Waals surface area contributed by atoms with Crippen LogP contribution in [0.1, 0.15) is 45.7 Å². The largest absolute Gasteiger partial charge is 0.444 e. The number of nitrogens with one attached hydrogen (secondary N) is 1. The van der Waals surface area contributed by atoms with E-state index in [1.54, 1.807) is 4.90 Å². The summed E-state index contributed by atoms with van der Waals surface area (Å²) in [5.74, 6) is 0. The van der Waals surface area contributed by atoms with E-state index >= 15 is 0 Å². The first-order valence-corrected chi connectivity index (χ1v) is 8.12. The minimum Gasteiger partial charge on any atom is -0.444 e. The second-order valence-electron chi connectivity index (χ2n) is 6.82. The number of benzene rings is 1. The maximum absolute atomic E-state index is 12.1. The first kappa shape index (κ1) is 17.1. The first-order valence-electron chi connectivity index (χ1n) is 7.74. The summed E-state index contributed by atoms with van der Waals surface area (Å²) in [4.78, 5) is 13.8. The Morgan fingerprint density at radius 1 is 1.41 bits per heavy atom. The van der Waals surface area contributed by atoms with Crippen LogP contribution in [0.15, 0.2) is 24.3 Å². The third-order valence-electron chi connectivity index (χ3n) is 3.70. The summed E-state index contributed by atoms with van der Waals surface area (Å²) in [5, 5.41) is 4.32. The van der Waals surface area contributed by atoms with Crippen molar-refractivity contribution >= 4 is 17.7 Å². The molecular weight excluding hydrogens is 300 g/mol. The number of likely N-dealkylation sites (tertiary alicyclic amines) is 1. The van der Waals surface area contributed by atoms with E-state index in [-0.39, 0.29) is 18.2 Å². The van der Waals surface area contributed by atoms with E-state index in [4.69, 9.17) is 16.3 Å². The summed E-state index contributed by atoms with van der Waals surface area (Å²) in [7, 11) is 0. The van der Waals surface area contributed by atoms with Gasteiger partial charge in [-0.2, -0.15) is 0 Å². The number of halogens is 1. The SMILES string of the molecule is C[C@H](NC1CCN(C(=O)OC(C)(C)C)C1)c1ccccc1Cl. The topological polar surface area (TPSA) is 41.6 Å². The summed E-state index contributed by atoms with van der Waals surface area (Å²) in [6.07, 6.45) is 0.691. The van der Waals surface area contributed by atoms with E-state index in [1.165, 1.54) is 0 Å². The molecule has 0 bridgehead atoms. The fraction of sp³-hybridized carbons (Fsp3) is 0.588. The van der Waals surface area contributed by atoms with Gasteiger partial charge in [0.05, 0.1) is 0 Å². The van der Waals surface area contributed by atoms with Crippen molar-refractivity contribution in [3.63, 3.8) is 0 Å². The van der Waals surface area contributed by atoms with Crippen LogP contribution < -0.4 is 5.32 Å². The van der Waals surface area contributed by atoms with Gasteiger partial charge in [0.15, 0.2) is 0 Å². The Morgan fingerprint density at radius 3 is 2.73 bits per heavy atom. The van der Waals surface area contributed by atoms with Crippen LogP contribution in [-0.4, -0.2) is 35.7 Å². The van der Waals surface area contributed by atoms with Crippen molar-refractivity contribution in [2.45, 2.75) is 51.8 Å². The lowest BCUT2D eigenvalue weighted by atomic mass is 10.1. The zero-order chi connectivity index (χ0) is 16.3.